The van der Waals surface area contributed by atoms with Gasteiger partial charge in [-0.2, -0.15) is 5.10 Å². The summed E-state index contributed by atoms with van der Waals surface area (Å²) in [6.45, 7) is 11.5. The van der Waals surface area contributed by atoms with E-state index in [0.29, 0.717) is 35.8 Å². The van der Waals surface area contributed by atoms with Crippen LogP contribution in [0.5, 0.6) is 0 Å². The predicted octanol–water partition coefficient (Wildman–Crippen LogP) is 3.01. The molecule has 3 aromatic heterocycles. The molecular formula is C21H26N6O2. The quantitative estimate of drug-likeness (QED) is 0.699. The summed E-state index contributed by atoms with van der Waals surface area (Å²) in [6, 6.07) is 5.33. The minimum atomic E-state index is -0.312. The van der Waals surface area contributed by atoms with Crippen molar-refractivity contribution < 1.29 is 9.59 Å². The number of amides is 2. The highest BCUT2D eigenvalue weighted by molar-refractivity contribution is 6.04. The van der Waals surface area contributed by atoms with Crippen LogP contribution in [-0.2, 0) is 12.1 Å². The highest BCUT2D eigenvalue weighted by atomic mass is 16.2. The van der Waals surface area contributed by atoms with Crippen LogP contribution >= 0.6 is 0 Å². The molecule has 0 aliphatic carbocycles. The molecule has 0 bridgehead atoms. The first-order valence-electron chi connectivity index (χ1n) is 9.68. The molecule has 0 radical (unpaired) electrons. The Morgan fingerprint density at radius 1 is 1.28 bits per heavy atom. The van der Waals surface area contributed by atoms with Gasteiger partial charge in [-0.3, -0.25) is 14.3 Å². The molecule has 3 aromatic rings. The lowest BCUT2D eigenvalue weighted by Crippen LogP contribution is -2.31. The van der Waals surface area contributed by atoms with Crippen molar-refractivity contribution in [1.29, 1.82) is 0 Å². The SMILES string of the molecule is CC1(C)CNC(=O)c2cc3ccc(C(=O)Nc4cnn(C(C)(C)C)c4)nc3n2C1. The van der Waals surface area contributed by atoms with Crippen molar-refractivity contribution in [3.63, 3.8) is 0 Å². The fourth-order valence-corrected chi connectivity index (χ4v) is 3.45. The topological polar surface area (TPSA) is 93.8 Å². The molecular weight excluding hydrogens is 368 g/mol. The minimum absolute atomic E-state index is 0.117. The standard InChI is InChI=1S/C21H26N6O2/c1-20(2,3)27-10-14(9-23-27)24-18(28)15-7-6-13-8-16-19(29)22-11-21(4,5)12-26(16)17(13)25-15/h6-10H,11-12H2,1-5H3,(H,22,29)(H,24,28). The number of fused-ring (bicyclic) bond motifs is 3. The van der Waals surface area contributed by atoms with Crippen LogP contribution in [-0.4, -0.2) is 37.7 Å². The van der Waals surface area contributed by atoms with Crippen molar-refractivity contribution in [2.45, 2.75) is 46.7 Å². The van der Waals surface area contributed by atoms with Crippen LogP contribution in [0, 0.1) is 5.41 Å². The van der Waals surface area contributed by atoms with Crippen LogP contribution in [0.15, 0.2) is 30.6 Å². The van der Waals surface area contributed by atoms with E-state index in [2.05, 4.69) is 34.6 Å². The summed E-state index contributed by atoms with van der Waals surface area (Å²) in [5, 5.41) is 11.0. The van der Waals surface area contributed by atoms with Gasteiger partial charge in [0.2, 0.25) is 0 Å². The molecule has 0 atom stereocenters. The van der Waals surface area contributed by atoms with Crippen molar-refractivity contribution in [2.24, 2.45) is 5.41 Å². The maximum atomic E-state index is 12.8. The van der Waals surface area contributed by atoms with E-state index in [1.165, 1.54) is 0 Å². The van der Waals surface area contributed by atoms with E-state index in [4.69, 9.17) is 0 Å². The Morgan fingerprint density at radius 3 is 2.72 bits per heavy atom. The molecule has 4 rings (SSSR count). The Kier molecular flexibility index (Phi) is 4.25. The number of nitrogens with zero attached hydrogens (tertiary/aromatic N) is 4. The van der Waals surface area contributed by atoms with Crippen LogP contribution in [0.1, 0.15) is 55.6 Å². The van der Waals surface area contributed by atoms with E-state index in [-0.39, 0.29) is 22.8 Å². The molecule has 0 saturated carbocycles. The lowest BCUT2D eigenvalue weighted by molar-refractivity contribution is 0.0942. The summed E-state index contributed by atoms with van der Waals surface area (Å²) in [5.41, 5.74) is 1.83. The largest absolute Gasteiger partial charge is 0.350 e. The number of hydrogen-bond donors (Lipinski definition) is 2. The van der Waals surface area contributed by atoms with Gasteiger partial charge in [-0.1, -0.05) is 13.8 Å². The number of nitrogens with one attached hydrogen (secondary N) is 2. The minimum Gasteiger partial charge on any atom is -0.350 e. The summed E-state index contributed by atoms with van der Waals surface area (Å²) in [5.74, 6) is -0.428. The normalized spacial score (nSPS) is 16.2. The van der Waals surface area contributed by atoms with Gasteiger partial charge in [0.15, 0.2) is 0 Å². The van der Waals surface area contributed by atoms with Gasteiger partial charge in [-0.15, -0.1) is 0 Å². The van der Waals surface area contributed by atoms with E-state index in [1.54, 1.807) is 23.1 Å². The molecule has 152 valence electrons. The van der Waals surface area contributed by atoms with E-state index in [9.17, 15) is 9.59 Å². The smallest absolute Gasteiger partial charge is 0.274 e. The lowest BCUT2D eigenvalue weighted by atomic mass is 9.94. The highest BCUT2D eigenvalue weighted by Gasteiger charge is 2.29. The fraction of sp³-hybridized carbons (Fsp3) is 0.429. The van der Waals surface area contributed by atoms with Gasteiger partial charge in [0.05, 0.1) is 17.4 Å². The van der Waals surface area contributed by atoms with E-state index >= 15 is 0 Å². The van der Waals surface area contributed by atoms with Gasteiger partial charge in [0.25, 0.3) is 11.8 Å². The maximum absolute atomic E-state index is 12.8. The summed E-state index contributed by atoms with van der Waals surface area (Å²) in [7, 11) is 0. The molecule has 29 heavy (non-hydrogen) atoms. The number of aromatic nitrogens is 4. The van der Waals surface area contributed by atoms with Gasteiger partial charge in [0, 0.05) is 30.1 Å². The zero-order valence-electron chi connectivity index (χ0n) is 17.4. The summed E-state index contributed by atoms with van der Waals surface area (Å²) < 4.78 is 3.71. The molecule has 0 unspecified atom stereocenters. The summed E-state index contributed by atoms with van der Waals surface area (Å²) in [4.78, 5) is 29.8. The molecule has 1 aliphatic rings. The molecule has 0 fully saturated rings. The van der Waals surface area contributed by atoms with Gasteiger partial charge < -0.3 is 15.2 Å². The predicted molar refractivity (Wildman–Crippen MR) is 111 cm³/mol. The molecule has 1 aliphatic heterocycles. The molecule has 0 spiro atoms. The third-order valence-electron chi connectivity index (χ3n) is 5.05. The number of carbonyl (C=O) groups is 2. The van der Waals surface area contributed by atoms with Crippen molar-refractivity contribution >= 4 is 28.5 Å². The molecule has 4 heterocycles. The first-order valence-corrected chi connectivity index (χ1v) is 9.68. The van der Waals surface area contributed by atoms with Gasteiger partial charge in [-0.25, -0.2) is 4.98 Å². The average molecular weight is 394 g/mol. The fourth-order valence-electron chi connectivity index (χ4n) is 3.45. The lowest BCUT2D eigenvalue weighted by Gasteiger charge is -2.22. The average Bonchev–Trinajstić information content (AvgIpc) is 3.21. The van der Waals surface area contributed by atoms with Crippen LogP contribution < -0.4 is 10.6 Å². The second-order valence-corrected chi connectivity index (χ2v) is 9.37. The van der Waals surface area contributed by atoms with E-state index < -0.39 is 0 Å². The van der Waals surface area contributed by atoms with Crippen molar-refractivity contribution in [1.82, 2.24) is 24.6 Å². The number of hydrogen-bond acceptors (Lipinski definition) is 4. The first-order chi connectivity index (χ1) is 13.5. The van der Waals surface area contributed by atoms with Gasteiger partial charge in [-0.05, 0) is 39.0 Å². The van der Waals surface area contributed by atoms with Crippen LogP contribution in [0.25, 0.3) is 11.0 Å². The van der Waals surface area contributed by atoms with Crippen molar-refractivity contribution in [2.75, 3.05) is 11.9 Å². The third-order valence-corrected chi connectivity index (χ3v) is 5.05. The molecule has 2 amide bonds. The molecule has 0 saturated heterocycles. The zero-order chi connectivity index (χ0) is 21.0. The Labute approximate surface area is 169 Å². The maximum Gasteiger partial charge on any atom is 0.274 e. The van der Waals surface area contributed by atoms with Crippen molar-refractivity contribution in [3.8, 4) is 0 Å². The molecule has 2 N–H and O–H groups in total. The third kappa shape index (κ3) is 3.62. The number of rotatable bonds is 2. The highest BCUT2D eigenvalue weighted by Crippen LogP contribution is 2.27. The van der Waals surface area contributed by atoms with Crippen LogP contribution in [0.3, 0.4) is 0 Å². The van der Waals surface area contributed by atoms with E-state index in [1.807, 2.05) is 37.5 Å². The number of pyridine rings is 1. The monoisotopic (exact) mass is 394 g/mol. The Morgan fingerprint density at radius 2 is 2.03 bits per heavy atom. The van der Waals surface area contributed by atoms with Gasteiger partial charge >= 0.3 is 0 Å². The van der Waals surface area contributed by atoms with Gasteiger partial charge in [0.1, 0.15) is 17.0 Å². The summed E-state index contributed by atoms with van der Waals surface area (Å²) >= 11 is 0. The zero-order valence-corrected chi connectivity index (χ0v) is 17.4. The second kappa shape index (κ2) is 6.43. The molecule has 8 heteroatoms. The number of anilines is 1. The van der Waals surface area contributed by atoms with Crippen LogP contribution in [0.2, 0.25) is 0 Å². The summed E-state index contributed by atoms with van der Waals surface area (Å²) in [6.07, 6.45) is 3.42. The Hall–Kier alpha value is -3.16. The van der Waals surface area contributed by atoms with Crippen molar-refractivity contribution in [3.05, 3.63) is 42.0 Å². The molecule has 8 nitrogen and oxygen atoms in total. The Bertz CT molecular complexity index is 1120. The molecule has 0 aromatic carbocycles. The van der Waals surface area contributed by atoms with Crippen LogP contribution in [0.4, 0.5) is 5.69 Å². The van der Waals surface area contributed by atoms with E-state index in [0.717, 1.165) is 5.39 Å². The Balaban J connectivity index is 1.67. The second-order valence-electron chi connectivity index (χ2n) is 9.37. The number of carbonyl (C=O) groups excluding carboxylic acids is 2. The first kappa shape index (κ1) is 19.2.